The minimum Gasteiger partial charge on any atom is -0.444 e. The normalized spacial score (nSPS) is 17.5. The van der Waals surface area contributed by atoms with Gasteiger partial charge >= 0.3 is 0 Å². The number of likely N-dealkylation sites (tertiary alicyclic amines) is 1. The molecule has 0 aliphatic carbocycles. The molecule has 1 aliphatic heterocycles. The first-order valence-electron chi connectivity index (χ1n) is 9.66. The Kier molecular flexibility index (Phi) is 5.65. The molecule has 4 heteroatoms. The van der Waals surface area contributed by atoms with Crippen molar-refractivity contribution in [1.29, 1.82) is 0 Å². The lowest BCUT2D eigenvalue weighted by atomic mass is 10.0. The Morgan fingerprint density at radius 2 is 1.70 bits per heavy atom. The smallest absolute Gasteiger partial charge is 0.226 e. The molecular weight excluding hydrogens is 352 g/mol. The topological polar surface area (TPSA) is 29.3 Å². The van der Waals surface area contributed by atoms with Gasteiger partial charge in [0.25, 0.3) is 0 Å². The maximum absolute atomic E-state index is 5.74. The van der Waals surface area contributed by atoms with Gasteiger partial charge in [0, 0.05) is 29.5 Å². The van der Waals surface area contributed by atoms with Gasteiger partial charge in [-0.25, -0.2) is 4.98 Å². The van der Waals surface area contributed by atoms with Gasteiger partial charge in [0.15, 0.2) is 0 Å². The minimum absolute atomic E-state index is 0.703. The molecule has 4 rings (SSSR count). The van der Waals surface area contributed by atoms with Crippen LogP contribution in [0, 0.1) is 0 Å². The van der Waals surface area contributed by atoms with Gasteiger partial charge in [0.05, 0.1) is 5.69 Å². The van der Waals surface area contributed by atoms with Crippen LogP contribution in [-0.4, -0.2) is 35.3 Å². The van der Waals surface area contributed by atoms with E-state index in [1.54, 1.807) is 11.8 Å². The molecule has 1 aromatic heterocycles. The van der Waals surface area contributed by atoms with E-state index in [0.29, 0.717) is 11.9 Å². The van der Waals surface area contributed by atoms with Crippen LogP contribution in [0.25, 0.3) is 22.6 Å². The highest BCUT2D eigenvalue weighted by Gasteiger charge is 2.20. The molecule has 1 atom stereocenters. The monoisotopic (exact) mass is 378 g/mol. The number of aromatic nitrogens is 1. The van der Waals surface area contributed by atoms with E-state index in [4.69, 9.17) is 9.40 Å². The molecule has 3 aromatic rings. The summed E-state index contributed by atoms with van der Waals surface area (Å²) in [7, 11) is 0. The Morgan fingerprint density at radius 1 is 1.04 bits per heavy atom. The summed E-state index contributed by atoms with van der Waals surface area (Å²) in [5, 5.41) is 0. The van der Waals surface area contributed by atoms with E-state index in [1.165, 1.54) is 35.4 Å². The number of benzene rings is 2. The molecule has 2 aromatic carbocycles. The van der Waals surface area contributed by atoms with Crippen LogP contribution in [0.4, 0.5) is 0 Å². The van der Waals surface area contributed by atoms with Crippen molar-refractivity contribution in [2.75, 3.05) is 19.3 Å². The first kappa shape index (κ1) is 18.3. The highest BCUT2D eigenvalue weighted by Crippen LogP contribution is 2.26. The maximum atomic E-state index is 5.74. The maximum Gasteiger partial charge on any atom is 0.226 e. The van der Waals surface area contributed by atoms with Gasteiger partial charge in [0.2, 0.25) is 5.89 Å². The molecule has 0 radical (unpaired) electrons. The minimum atomic E-state index is 0.703. The van der Waals surface area contributed by atoms with E-state index in [0.717, 1.165) is 24.2 Å². The fourth-order valence-electron chi connectivity index (χ4n) is 3.73. The summed E-state index contributed by atoms with van der Waals surface area (Å²) in [6.07, 6.45) is 7.49. The predicted molar refractivity (Wildman–Crippen MR) is 113 cm³/mol. The lowest BCUT2D eigenvalue weighted by molar-refractivity contribution is 0.271. The van der Waals surface area contributed by atoms with Gasteiger partial charge in [-0.2, -0.15) is 0 Å². The largest absolute Gasteiger partial charge is 0.444 e. The number of rotatable bonds is 6. The van der Waals surface area contributed by atoms with Crippen molar-refractivity contribution in [3.63, 3.8) is 0 Å². The van der Waals surface area contributed by atoms with Crippen LogP contribution in [0.15, 0.2) is 64.1 Å². The van der Waals surface area contributed by atoms with E-state index < -0.39 is 0 Å². The fourth-order valence-corrected chi connectivity index (χ4v) is 4.13. The lowest BCUT2D eigenvalue weighted by Gasteiger charge is -2.19. The van der Waals surface area contributed by atoms with E-state index >= 15 is 0 Å². The first-order valence-corrected chi connectivity index (χ1v) is 10.9. The van der Waals surface area contributed by atoms with Crippen molar-refractivity contribution in [1.82, 2.24) is 9.88 Å². The van der Waals surface area contributed by atoms with Crippen LogP contribution in [0.1, 0.15) is 25.5 Å². The Hall–Kier alpha value is -2.04. The van der Waals surface area contributed by atoms with Crippen molar-refractivity contribution in [3.05, 3.63) is 60.5 Å². The zero-order valence-electron chi connectivity index (χ0n) is 16.0. The molecule has 0 unspecified atom stereocenters. The molecule has 27 heavy (non-hydrogen) atoms. The third-order valence-corrected chi connectivity index (χ3v) is 6.20. The standard InChI is InChI=1S/C23H26N2OS/c1-17-4-3-14-25(17)15-13-21-16-26-23(24-21)20-7-5-18(6-8-20)19-9-11-22(27-2)12-10-19/h5-12,16-17H,3-4,13-15H2,1-2H3/t17-/m1/s1. The first-order chi connectivity index (χ1) is 13.2. The molecule has 0 bridgehead atoms. The van der Waals surface area contributed by atoms with Crippen molar-refractivity contribution in [2.45, 2.75) is 37.1 Å². The molecule has 0 amide bonds. The van der Waals surface area contributed by atoms with Crippen LogP contribution in [0.3, 0.4) is 0 Å². The highest BCUT2D eigenvalue weighted by molar-refractivity contribution is 7.98. The summed E-state index contributed by atoms with van der Waals surface area (Å²) in [5.74, 6) is 0.712. The average Bonchev–Trinajstić information content (AvgIpc) is 3.35. The van der Waals surface area contributed by atoms with Crippen LogP contribution < -0.4 is 0 Å². The van der Waals surface area contributed by atoms with Crippen molar-refractivity contribution >= 4 is 11.8 Å². The van der Waals surface area contributed by atoms with Gasteiger partial charge in [-0.05, 0) is 68.0 Å². The summed E-state index contributed by atoms with van der Waals surface area (Å²) in [6, 6.07) is 17.8. The lowest BCUT2D eigenvalue weighted by Crippen LogP contribution is -2.29. The predicted octanol–water partition coefficient (Wildman–Crippen LogP) is 5.76. The SMILES string of the molecule is CSc1ccc(-c2ccc(-c3nc(CCN4CCC[C@H]4C)co3)cc2)cc1. The molecule has 0 N–H and O–H groups in total. The Balaban J connectivity index is 1.42. The number of nitrogens with zero attached hydrogens (tertiary/aromatic N) is 2. The molecule has 140 valence electrons. The third-order valence-electron chi connectivity index (χ3n) is 5.45. The molecule has 0 spiro atoms. The summed E-state index contributed by atoms with van der Waals surface area (Å²) >= 11 is 1.76. The van der Waals surface area contributed by atoms with Crippen LogP contribution in [-0.2, 0) is 6.42 Å². The van der Waals surface area contributed by atoms with E-state index in [2.05, 4.69) is 66.6 Å². The van der Waals surface area contributed by atoms with Crippen molar-refractivity contribution < 1.29 is 4.42 Å². The van der Waals surface area contributed by atoms with Crippen molar-refractivity contribution in [2.24, 2.45) is 0 Å². The number of hydrogen-bond donors (Lipinski definition) is 0. The summed E-state index contributed by atoms with van der Waals surface area (Å²) in [4.78, 5) is 8.53. The van der Waals surface area contributed by atoms with Crippen LogP contribution in [0.5, 0.6) is 0 Å². The second-order valence-corrected chi connectivity index (χ2v) is 8.11. The molecule has 1 fully saturated rings. The van der Waals surface area contributed by atoms with Gasteiger partial charge in [0.1, 0.15) is 6.26 Å². The van der Waals surface area contributed by atoms with Crippen LogP contribution in [0.2, 0.25) is 0 Å². The molecule has 1 aliphatic rings. The summed E-state index contributed by atoms with van der Waals surface area (Å²) in [6.45, 7) is 4.60. The summed E-state index contributed by atoms with van der Waals surface area (Å²) < 4.78 is 5.74. The zero-order chi connectivity index (χ0) is 18.6. The van der Waals surface area contributed by atoms with Gasteiger partial charge in [-0.1, -0.05) is 24.3 Å². The Morgan fingerprint density at radius 3 is 2.33 bits per heavy atom. The van der Waals surface area contributed by atoms with E-state index in [1.807, 2.05) is 6.26 Å². The van der Waals surface area contributed by atoms with Crippen molar-refractivity contribution in [3.8, 4) is 22.6 Å². The van der Waals surface area contributed by atoms with E-state index in [9.17, 15) is 0 Å². The zero-order valence-corrected chi connectivity index (χ0v) is 16.8. The second-order valence-electron chi connectivity index (χ2n) is 7.23. The fraction of sp³-hybridized carbons (Fsp3) is 0.348. The van der Waals surface area contributed by atoms with Crippen LogP contribution >= 0.6 is 11.8 Å². The number of hydrogen-bond acceptors (Lipinski definition) is 4. The third kappa shape index (κ3) is 4.28. The molecule has 3 nitrogen and oxygen atoms in total. The second kappa shape index (κ2) is 8.32. The Bertz CT molecular complexity index is 870. The van der Waals surface area contributed by atoms with Gasteiger partial charge < -0.3 is 9.32 Å². The van der Waals surface area contributed by atoms with Gasteiger partial charge in [-0.15, -0.1) is 11.8 Å². The number of oxazole rings is 1. The average molecular weight is 379 g/mol. The highest BCUT2D eigenvalue weighted by atomic mass is 32.2. The molecule has 0 saturated carbocycles. The van der Waals surface area contributed by atoms with Gasteiger partial charge in [-0.3, -0.25) is 0 Å². The quantitative estimate of drug-likeness (QED) is 0.510. The van der Waals surface area contributed by atoms with E-state index in [-0.39, 0.29) is 0 Å². The molecular formula is C23H26N2OS. The summed E-state index contributed by atoms with van der Waals surface area (Å²) in [5.41, 5.74) is 4.51. The molecule has 2 heterocycles. The number of thioether (sulfide) groups is 1. The Labute approximate surface area is 165 Å². The molecule has 1 saturated heterocycles.